The van der Waals surface area contributed by atoms with Crippen LogP contribution in [0.2, 0.25) is 0 Å². The highest BCUT2D eigenvalue weighted by Crippen LogP contribution is 1.66. The highest BCUT2D eigenvalue weighted by Gasteiger charge is 1.76. The van der Waals surface area contributed by atoms with Gasteiger partial charge in [-0.3, -0.25) is 0 Å². The van der Waals surface area contributed by atoms with E-state index in [1.54, 1.807) is 6.08 Å². The van der Waals surface area contributed by atoms with Gasteiger partial charge in [0, 0.05) is 13.1 Å². The van der Waals surface area contributed by atoms with Crippen molar-refractivity contribution in [2.24, 2.45) is 0 Å². The Morgan fingerprint density at radius 3 is 2.56 bits per heavy atom. The Kier molecular flexibility index (Phi) is 7.30. The minimum Gasteiger partial charge on any atom is -0.395 e. The van der Waals surface area contributed by atoms with Gasteiger partial charge in [-0.05, 0) is 0 Å². The molecule has 0 rings (SSSR count). The van der Waals surface area contributed by atoms with E-state index in [0.29, 0.717) is 13.1 Å². The molecule has 0 atom stereocenters. The summed E-state index contributed by atoms with van der Waals surface area (Å²) in [5.41, 5.74) is 0. The Hall–Kier alpha value is -0.380. The topological polar surface area (TPSA) is 52.5 Å². The first-order valence-corrected chi connectivity index (χ1v) is 2.99. The predicted molar refractivity (Wildman–Crippen MR) is 36.2 cm³/mol. The highest BCUT2D eigenvalue weighted by molar-refractivity contribution is 4.82. The fourth-order valence-electron chi connectivity index (χ4n) is 0.422. The molecule has 3 heteroatoms. The van der Waals surface area contributed by atoms with E-state index in [2.05, 4.69) is 5.32 Å². The van der Waals surface area contributed by atoms with Crippen LogP contribution in [-0.4, -0.2) is 36.5 Å². The third-order valence-corrected chi connectivity index (χ3v) is 0.823. The lowest BCUT2D eigenvalue weighted by molar-refractivity contribution is 0.294. The van der Waals surface area contributed by atoms with Gasteiger partial charge in [-0.15, -0.1) is 0 Å². The number of aliphatic hydroxyl groups excluding tert-OH is 2. The minimum atomic E-state index is 0.0841. The summed E-state index contributed by atoms with van der Waals surface area (Å²) in [7, 11) is 0. The van der Waals surface area contributed by atoms with Crippen LogP contribution in [0.5, 0.6) is 0 Å². The summed E-state index contributed by atoms with van der Waals surface area (Å²) in [5.74, 6) is 0. The summed E-state index contributed by atoms with van der Waals surface area (Å²) in [6.07, 6.45) is 3.47. The summed E-state index contributed by atoms with van der Waals surface area (Å²) in [4.78, 5) is 0. The van der Waals surface area contributed by atoms with Crippen LogP contribution in [0.4, 0.5) is 0 Å². The molecule has 0 unspecified atom stereocenters. The van der Waals surface area contributed by atoms with Gasteiger partial charge in [0.2, 0.25) is 0 Å². The Morgan fingerprint density at radius 1 is 1.22 bits per heavy atom. The van der Waals surface area contributed by atoms with E-state index in [1.165, 1.54) is 0 Å². The van der Waals surface area contributed by atoms with Gasteiger partial charge in [-0.25, -0.2) is 0 Å². The van der Waals surface area contributed by atoms with Crippen molar-refractivity contribution in [3.05, 3.63) is 12.2 Å². The molecule has 9 heavy (non-hydrogen) atoms. The zero-order valence-corrected chi connectivity index (χ0v) is 5.38. The molecule has 0 bridgehead atoms. The quantitative estimate of drug-likeness (QED) is 0.335. The maximum atomic E-state index is 8.29. The van der Waals surface area contributed by atoms with Crippen molar-refractivity contribution >= 4 is 0 Å². The van der Waals surface area contributed by atoms with Crippen molar-refractivity contribution in [2.75, 3.05) is 26.3 Å². The van der Waals surface area contributed by atoms with Crippen LogP contribution in [0.1, 0.15) is 0 Å². The van der Waals surface area contributed by atoms with E-state index in [9.17, 15) is 0 Å². The molecule has 0 aliphatic carbocycles. The molecule has 0 saturated heterocycles. The molecule has 0 amide bonds. The molecule has 0 aromatic carbocycles. The second kappa shape index (κ2) is 7.62. The number of rotatable bonds is 5. The van der Waals surface area contributed by atoms with Gasteiger partial charge in [0.05, 0.1) is 13.2 Å². The van der Waals surface area contributed by atoms with Gasteiger partial charge in [0.25, 0.3) is 0 Å². The second-order valence-electron chi connectivity index (χ2n) is 1.58. The summed E-state index contributed by atoms with van der Waals surface area (Å²) in [6.45, 7) is 1.56. The number of hydrogen-bond donors (Lipinski definition) is 3. The lowest BCUT2D eigenvalue weighted by atomic mass is 10.5. The van der Waals surface area contributed by atoms with Gasteiger partial charge >= 0.3 is 0 Å². The normalized spacial score (nSPS) is 10.9. The van der Waals surface area contributed by atoms with Crippen molar-refractivity contribution in [1.29, 1.82) is 0 Å². The molecule has 0 fully saturated rings. The fourth-order valence-corrected chi connectivity index (χ4v) is 0.422. The maximum absolute atomic E-state index is 8.29. The molecule has 0 spiro atoms. The molecule has 0 radical (unpaired) electrons. The Bertz CT molecular complexity index is 73.5. The number of aliphatic hydroxyl groups is 2. The van der Waals surface area contributed by atoms with Gasteiger partial charge in [0.15, 0.2) is 0 Å². The van der Waals surface area contributed by atoms with E-state index < -0.39 is 0 Å². The Morgan fingerprint density at radius 2 is 2.00 bits per heavy atom. The molecule has 3 nitrogen and oxygen atoms in total. The Labute approximate surface area is 55.0 Å². The van der Waals surface area contributed by atoms with Crippen molar-refractivity contribution < 1.29 is 10.2 Å². The smallest absolute Gasteiger partial charge is 0.0612 e. The molecule has 0 saturated carbocycles. The van der Waals surface area contributed by atoms with Crippen molar-refractivity contribution in [3.8, 4) is 0 Å². The summed E-state index contributed by atoms with van der Waals surface area (Å²) >= 11 is 0. The van der Waals surface area contributed by atoms with E-state index >= 15 is 0 Å². The number of hydrogen-bond acceptors (Lipinski definition) is 3. The van der Waals surface area contributed by atoms with E-state index in [4.69, 9.17) is 10.2 Å². The highest BCUT2D eigenvalue weighted by atomic mass is 16.3. The predicted octanol–water partition coefficient (Wildman–Crippen LogP) is -0.883. The monoisotopic (exact) mass is 131 g/mol. The maximum Gasteiger partial charge on any atom is 0.0612 e. The molecule has 0 aliphatic rings. The van der Waals surface area contributed by atoms with Crippen LogP contribution >= 0.6 is 0 Å². The summed E-state index contributed by atoms with van der Waals surface area (Å²) in [6, 6.07) is 0. The van der Waals surface area contributed by atoms with Gasteiger partial charge in [-0.1, -0.05) is 12.2 Å². The summed E-state index contributed by atoms with van der Waals surface area (Å²) < 4.78 is 0. The fraction of sp³-hybridized carbons (Fsp3) is 0.667. The third-order valence-electron chi connectivity index (χ3n) is 0.823. The second-order valence-corrected chi connectivity index (χ2v) is 1.58. The van der Waals surface area contributed by atoms with E-state index in [1.807, 2.05) is 6.08 Å². The molecular formula is C6H13NO2. The van der Waals surface area contributed by atoms with Crippen molar-refractivity contribution in [1.82, 2.24) is 5.32 Å². The first-order valence-electron chi connectivity index (χ1n) is 2.99. The molecule has 0 heterocycles. The van der Waals surface area contributed by atoms with Crippen molar-refractivity contribution in [3.63, 3.8) is 0 Å². The van der Waals surface area contributed by atoms with E-state index in [0.717, 1.165) is 0 Å². The standard InChI is InChI=1S/C6H13NO2/c8-5-2-1-3-7-4-6-9/h1-2,7-9H,3-6H2. The van der Waals surface area contributed by atoms with E-state index in [-0.39, 0.29) is 13.2 Å². The zero-order valence-electron chi connectivity index (χ0n) is 5.38. The van der Waals surface area contributed by atoms with Crippen LogP contribution < -0.4 is 5.32 Å². The molecule has 3 N–H and O–H groups in total. The largest absolute Gasteiger partial charge is 0.395 e. The molecule has 0 aliphatic heterocycles. The SMILES string of the molecule is OCC=CCNCCO. The zero-order chi connectivity index (χ0) is 6.95. The molecule has 0 aromatic rings. The average molecular weight is 131 g/mol. The molecule has 0 aromatic heterocycles. The minimum absolute atomic E-state index is 0.0841. The van der Waals surface area contributed by atoms with Gasteiger partial charge in [0.1, 0.15) is 0 Å². The Balaban J connectivity index is 2.82. The molecular weight excluding hydrogens is 118 g/mol. The van der Waals surface area contributed by atoms with Crippen LogP contribution in [0, 0.1) is 0 Å². The third kappa shape index (κ3) is 7.62. The first-order chi connectivity index (χ1) is 4.41. The van der Waals surface area contributed by atoms with Gasteiger partial charge in [-0.2, -0.15) is 0 Å². The van der Waals surface area contributed by atoms with Gasteiger partial charge < -0.3 is 15.5 Å². The lowest BCUT2D eigenvalue weighted by Gasteiger charge is -1.94. The summed E-state index contributed by atoms with van der Waals surface area (Å²) in [5, 5.41) is 19.5. The first kappa shape index (κ1) is 8.62. The average Bonchev–Trinajstić information content (AvgIpc) is 1.89. The van der Waals surface area contributed by atoms with Crippen LogP contribution in [0.3, 0.4) is 0 Å². The molecule has 54 valence electrons. The number of nitrogens with one attached hydrogen (secondary N) is 1. The van der Waals surface area contributed by atoms with Crippen LogP contribution in [-0.2, 0) is 0 Å². The van der Waals surface area contributed by atoms with Crippen LogP contribution in [0.25, 0.3) is 0 Å². The van der Waals surface area contributed by atoms with Crippen LogP contribution in [0.15, 0.2) is 12.2 Å². The van der Waals surface area contributed by atoms with Crippen molar-refractivity contribution in [2.45, 2.75) is 0 Å². The lowest BCUT2D eigenvalue weighted by Crippen LogP contribution is -2.17.